The minimum atomic E-state index is -0.688. The van der Waals surface area contributed by atoms with E-state index < -0.39 is 6.04 Å². The highest BCUT2D eigenvalue weighted by molar-refractivity contribution is 8.00. The second-order valence-electron chi connectivity index (χ2n) is 8.70. The van der Waals surface area contributed by atoms with E-state index in [1.165, 1.54) is 11.8 Å². The number of halogens is 2. The van der Waals surface area contributed by atoms with Crippen LogP contribution in [0.15, 0.2) is 83.8 Å². The lowest BCUT2D eigenvalue weighted by Crippen LogP contribution is -2.51. The molecule has 0 spiro atoms. The van der Waals surface area contributed by atoms with Crippen molar-refractivity contribution >= 4 is 46.8 Å². The van der Waals surface area contributed by atoms with Crippen LogP contribution in [0.4, 0.5) is 0 Å². The van der Waals surface area contributed by atoms with Crippen LogP contribution >= 0.6 is 35.0 Å². The molecule has 0 aliphatic rings. The number of hydrogen-bond acceptors (Lipinski definition) is 3. The average Bonchev–Trinajstić information content (AvgIpc) is 2.85. The maximum absolute atomic E-state index is 13.6. The van der Waals surface area contributed by atoms with E-state index >= 15 is 0 Å². The van der Waals surface area contributed by atoms with Crippen molar-refractivity contribution in [3.63, 3.8) is 0 Å². The Morgan fingerprint density at radius 2 is 1.60 bits per heavy atom. The maximum atomic E-state index is 13.6. The minimum absolute atomic E-state index is 0.134. The molecule has 3 aromatic rings. The van der Waals surface area contributed by atoms with Crippen LogP contribution in [0, 0.1) is 5.92 Å². The van der Waals surface area contributed by atoms with Gasteiger partial charge in [-0.25, -0.2) is 0 Å². The second kappa shape index (κ2) is 13.6. The lowest BCUT2D eigenvalue weighted by Gasteiger charge is -2.32. The van der Waals surface area contributed by atoms with Crippen LogP contribution < -0.4 is 5.32 Å². The van der Waals surface area contributed by atoms with Gasteiger partial charge >= 0.3 is 0 Å². The van der Waals surface area contributed by atoms with Gasteiger partial charge < -0.3 is 10.2 Å². The molecule has 4 nitrogen and oxygen atoms in total. The summed E-state index contributed by atoms with van der Waals surface area (Å²) >= 11 is 14.0. The highest BCUT2D eigenvalue weighted by Gasteiger charge is 2.30. The normalized spacial score (nSPS) is 11.8. The zero-order valence-corrected chi connectivity index (χ0v) is 22.2. The summed E-state index contributed by atoms with van der Waals surface area (Å²) in [5.74, 6) is 0.189. The Morgan fingerprint density at radius 1 is 0.943 bits per heavy atom. The Bertz CT molecular complexity index is 1110. The predicted molar refractivity (Wildman–Crippen MR) is 146 cm³/mol. The number of rotatable bonds is 11. The van der Waals surface area contributed by atoms with Gasteiger partial charge in [-0.3, -0.25) is 9.59 Å². The molecule has 0 radical (unpaired) electrons. The van der Waals surface area contributed by atoms with Crippen LogP contribution in [-0.2, 0) is 22.6 Å². The highest BCUT2D eigenvalue weighted by Crippen LogP contribution is 2.25. The zero-order valence-electron chi connectivity index (χ0n) is 19.9. The van der Waals surface area contributed by atoms with Gasteiger partial charge in [0.15, 0.2) is 0 Å². The Morgan fingerprint density at radius 3 is 2.23 bits per heavy atom. The van der Waals surface area contributed by atoms with Gasteiger partial charge in [0, 0.05) is 34.5 Å². The third-order valence-electron chi connectivity index (χ3n) is 5.42. The molecule has 3 aromatic carbocycles. The average molecular weight is 530 g/mol. The maximum Gasteiger partial charge on any atom is 0.243 e. The van der Waals surface area contributed by atoms with Crippen LogP contribution in [0.25, 0.3) is 0 Å². The first-order chi connectivity index (χ1) is 16.8. The van der Waals surface area contributed by atoms with Gasteiger partial charge in [-0.15, -0.1) is 11.8 Å². The molecule has 0 aliphatic heterocycles. The van der Waals surface area contributed by atoms with Gasteiger partial charge in [-0.05, 0) is 41.3 Å². The molecule has 1 N–H and O–H groups in total. The number of thioether (sulfide) groups is 1. The SMILES string of the molecule is CC(C)CNC(=O)[C@@H](Cc1ccccc1)N(Cc1ccc(Cl)cc1Cl)C(=O)CSc1ccccc1. The van der Waals surface area contributed by atoms with Crippen LogP contribution in [0.2, 0.25) is 10.0 Å². The molecule has 2 amide bonds. The molecular weight excluding hydrogens is 499 g/mol. The molecule has 0 aliphatic carbocycles. The Balaban J connectivity index is 1.92. The monoisotopic (exact) mass is 528 g/mol. The van der Waals surface area contributed by atoms with Gasteiger partial charge in [0.05, 0.1) is 5.75 Å². The molecule has 0 saturated heterocycles. The molecule has 0 bridgehead atoms. The fraction of sp³-hybridized carbons (Fsp3) is 0.286. The summed E-state index contributed by atoms with van der Waals surface area (Å²) in [5, 5.41) is 4.01. The Labute approximate surface area is 222 Å². The number of carbonyl (C=O) groups is 2. The number of nitrogens with one attached hydrogen (secondary N) is 1. The molecule has 3 rings (SSSR count). The molecule has 184 valence electrons. The van der Waals surface area contributed by atoms with E-state index in [1.54, 1.807) is 23.1 Å². The lowest BCUT2D eigenvalue weighted by molar-refractivity contribution is -0.139. The van der Waals surface area contributed by atoms with Crippen molar-refractivity contribution in [2.24, 2.45) is 5.92 Å². The van der Waals surface area contributed by atoms with Crippen LogP contribution in [0.1, 0.15) is 25.0 Å². The highest BCUT2D eigenvalue weighted by atomic mass is 35.5. The third kappa shape index (κ3) is 8.60. The zero-order chi connectivity index (χ0) is 25.2. The van der Waals surface area contributed by atoms with Crippen LogP contribution in [0.3, 0.4) is 0 Å². The summed E-state index contributed by atoms with van der Waals surface area (Å²) in [7, 11) is 0. The summed E-state index contributed by atoms with van der Waals surface area (Å²) in [4.78, 5) is 29.7. The van der Waals surface area contributed by atoms with Gasteiger partial charge in [-0.1, -0.05) is 91.6 Å². The van der Waals surface area contributed by atoms with E-state index in [4.69, 9.17) is 23.2 Å². The number of benzene rings is 3. The topological polar surface area (TPSA) is 49.4 Å². The number of carbonyl (C=O) groups excluding carboxylic acids is 2. The smallest absolute Gasteiger partial charge is 0.243 e. The van der Waals surface area contributed by atoms with Crippen molar-refractivity contribution in [2.45, 2.75) is 37.8 Å². The van der Waals surface area contributed by atoms with Crippen molar-refractivity contribution in [3.05, 3.63) is 100 Å². The van der Waals surface area contributed by atoms with Crippen molar-refractivity contribution in [3.8, 4) is 0 Å². The fourth-order valence-electron chi connectivity index (χ4n) is 3.55. The molecule has 0 unspecified atom stereocenters. The quantitative estimate of drug-likeness (QED) is 0.289. The van der Waals surface area contributed by atoms with E-state index in [9.17, 15) is 9.59 Å². The van der Waals surface area contributed by atoms with Crippen molar-refractivity contribution < 1.29 is 9.59 Å². The Kier molecular flexibility index (Phi) is 10.5. The lowest BCUT2D eigenvalue weighted by atomic mass is 10.0. The molecule has 35 heavy (non-hydrogen) atoms. The summed E-state index contributed by atoms with van der Waals surface area (Å²) in [6.45, 7) is 4.82. The van der Waals surface area contributed by atoms with E-state index in [-0.39, 0.29) is 24.1 Å². The van der Waals surface area contributed by atoms with Crippen molar-refractivity contribution in [2.75, 3.05) is 12.3 Å². The molecule has 7 heteroatoms. The van der Waals surface area contributed by atoms with Crippen molar-refractivity contribution in [1.29, 1.82) is 0 Å². The molecule has 0 heterocycles. The summed E-state index contributed by atoms with van der Waals surface area (Å²) in [5.41, 5.74) is 1.72. The molecule has 0 fully saturated rings. The van der Waals surface area contributed by atoms with E-state index in [0.29, 0.717) is 28.9 Å². The van der Waals surface area contributed by atoms with Crippen LogP contribution in [0.5, 0.6) is 0 Å². The minimum Gasteiger partial charge on any atom is -0.354 e. The second-order valence-corrected chi connectivity index (χ2v) is 10.6. The van der Waals surface area contributed by atoms with E-state index in [0.717, 1.165) is 16.0 Å². The number of amides is 2. The third-order valence-corrected chi connectivity index (χ3v) is 7.00. The number of hydrogen-bond donors (Lipinski definition) is 1. The first-order valence-corrected chi connectivity index (χ1v) is 13.3. The van der Waals surface area contributed by atoms with E-state index in [1.807, 2.05) is 74.5 Å². The van der Waals surface area contributed by atoms with Crippen LogP contribution in [-0.4, -0.2) is 35.1 Å². The van der Waals surface area contributed by atoms with Gasteiger partial charge in [-0.2, -0.15) is 0 Å². The predicted octanol–water partition coefficient (Wildman–Crippen LogP) is 6.50. The van der Waals surface area contributed by atoms with E-state index in [2.05, 4.69) is 5.32 Å². The fourth-order valence-corrected chi connectivity index (χ4v) is 4.83. The van der Waals surface area contributed by atoms with Gasteiger partial charge in [0.2, 0.25) is 11.8 Å². The first-order valence-electron chi connectivity index (χ1n) is 11.6. The molecular formula is C28H30Cl2N2O2S. The summed E-state index contributed by atoms with van der Waals surface area (Å²) in [6.07, 6.45) is 0.401. The molecule has 0 saturated carbocycles. The largest absolute Gasteiger partial charge is 0.354 e. The number of nitrogens with zero attached hydrogens (tertiary/aromatic N) is 1. The Hall–Kier alpha value is -2.47. The first kappa shape index (κ1) is 27.1. The summed E-state index contributed by atoms with van der Waals surface area (Å²) < 4.78 is 0. The standard InChI is InChI=1S/C28H30Cl2N2O2S/c1-20(2)17-31-28(34)26(15-21-9-5-3-6-10-21)32(18-22-13-14-23(29)16-25(22)30)27(33)19-35-24-11-7-4-8-12-24/h3-14,16,20,26H,15,17-19H2,1-2H3,(H,31,34)/t26-/m1/s1. The summed E-state index contributed by atoms with van der Waals surface area (Å²) in [6, 6.07) is 24.0. The van der Waals surface area contributed by atoms with Gasteiger partial charge in [0.1, 0.15) is 6.04 Å². The van der Waals surface area contributed by atoms with Gasteiger partial charge in [0.25, 0.3) is 0 Å². The molecule has 0 aromatic heterocycles. The van der Waals surface area contributed by atoms with Crippen molar-refractivity contribution in [1.82, 2.24) is 10.2 Å². The molecule has 1 atom stereocenters.